The summed E-state index contributed by atoms with van der Waals surface area (Å²) in [6.45, 7) is 4.91. The zero-order valence-electron chi connectivity index (χ0n) is 10.1. The fourth-order valence-electron chi connectivity index (χ4n) is 1.28. The minimum atomic E-state index is -0.122. The van der Waals surface area contributed by atoms with E-state index in [1.807, 2.05) is 20.1 Å². The summed E-state index contributed by atoms with van der Waals surface area (Å²) in [5, 5.41) is 11.5. The van der Waals surface area contributed by atoms with Crippen molar-refractivity contribution in [1.29, 1.82) is 0 Å². The minimum absolute atomic E-state index is 0.120. The molecule has 3 N–H and O–H groups in total. The molecule has 16 heavy (non-hydrogen) atoms. The molecule has 0 aromatic carbocycles. The highest BCUT2D eigenvalue weighted by Gasteiger charge is 2.16. The van der Waals surface area contributed by atoms with Gasteiger partial charge in [-0.2, -0.15) is 11.8 Å². The molecule has 5 nitrogen and oxygen atoms in total. The maximum Gasteiger partial charge on any atom is 0.223 e. The van der Waals surface area contributed by atoms with Crippen LogP contribution >= 0.6 is 11.8 Å². The van der Waals surface area contributed by atoms with Gasteiger partial charge in [-0.05, 0) is 13.2 Å². The summed E-state index contributed by atoms with van der Waals surface area (Å²) in [6, 6.07) is 0. The first-order valence-electron chi connectivity index (χ1n) is 5.30. The van der Waals surface area contributed by atoms with Crippen LogP contribution in [0.4, 0.5) is 0 Å². The standard InChI is InChI=1S/C10H21N3O2S/c1-4-13(9(14)5-6-16-3)7-8(2)10(11)12-15/h8,15H,4-7H2,1-3H3,(H2,11,12). The highest BCUT2D eigenvalue weighted by atomic mass is 32.2. The summed E-state index contributed by atoms with van der Waals surface area (Å²) in [5.74, 6) is 0.988. The molecule has 6 heteroatoms. The van der Waals surface area contributed by atoms with Gasteiger partial charge in [0.15, 0.2) is 0 Å². The predicted molar refractivity (Wildman–Crippen MR) is 67.8 cm³/mol. The van der Waals surface area contributed by atoms with E-state index in [1.54, 1.807) is 16.7 Å². The molecular formula is C10H21N3O2S. The molecule has 0 aliphatic heterocycles. The Morgan fingerprint density at radius 1 is 1.62 bits per heavy atom. The molecule has 0 spiro atoms. The van der Waals surface area contributed by atoms with Crippen molar-refractivity contribution in [2.24, 2.45) is 16.8 Å². The lowest BCUT2D eigenvalue weighted by Gasteiger charge is -2.24. The van der Waals surface area contributed by atoms with Gasteiger partial charge in [-0.25, -0.2) is 0 Å². The Labute approximate surface area is 101 Å². The molecule has 0 aliphatic carbocycles. The molecule has 1 unspecified atom stereocenters. The van der Waals surface area contributed by atoms with Gasteiger partial charge in [-0.15, -0.1) is 0 Å². The number of amides is 1. The zero-order valence-corrected chi connectivity index (χ0v) is 11.0. The van der Waals surface area contributed by atoms with Crippen molar-refractivity contribution in [1.82, 2.24) is 4.90 Å². The minimum Gasteiger partial charge on any atom is -0.409 e. The largest absolute Gasteiger partial charge is 0.409 e. The Morgan fingerprint density at radius 2 is 2.25 bits per heavy atom. The van der Waals surface area contributed by atoms with E-state index in [4.69, 9.17) is 10.9 Å². The van der Waals surface area contributed by atoms with E-state index < -0.39 is 0 Å². The molecule has 0 saturated carbocycles. The molecule has 0 aromatic rings. The number of carbonyl (C=O) groups is 1. The van der Waals surface area contributed by atoms with Crippen molar-refractivity contribution in [3.05, 3.63) is 0 Å². The van der Waals surface area contributed by atoms with E-state index in [0.717, 1.165) is 5.75 Å². The van der Waals surface area contributed by atoms with Crippen LogP contribution < -0.4 is 5.73 Å². The van der Waals surface area contributed by atoms with Crippen LogP contribution in [0.2, 0.25) is 0 Å². The lowest BCUT2D eigenvalue weighted by molar-refractivity contribution is -0.130. The second-order valence-electron chi connectivity index (χ2n) is 3.60. The van der Waals surface area contributed by atoms with Crippen LogP contribution in [0, 0.1) is 5.92 Å². The molecule has 0 bridgehead atoms. The smallest absolute Gasteiger partial charge is 0.223 e. The summed E-state index contributed by atoms with van der Waals surface area (Å²) in [7, 11) is 0. The van der Waals surface area contributed by atoms with E-state index >= 15 is 0 Å². The molecule has 0 aromatic heterocycles. The van der Waals surface area contributed by atoms with E-state index in [0.29, 0.717) is 19.5 Å². The molecule has 1 atom stereocenters. The van der Waals surface area contributed by atoms with Gasteiger partial charge < -0.3 is 15.8 Å². The van der Waals surface area contributed by atoms with Gasteiger partial charge in [0.25, 0.3) is 0 Å². The van der Waals surface area contributed by atoms with Gasteiger partial charge in [0.1, 0.15) is 5.84 Å². The molecule has 0 heterocycles. The molecule has 0 fully saturated rings. The maximum absolute atomic E-state index is 11.7. The first-order valence-corrected chi connectivity index (χ1v) is 6.70. The summed E-state index contributed by atoms with van der Waals surface area (Å²) in [4.78, 5) is 13.5. The number of rotatable bonds is 7. The molecule has 0 rings (SSSR count). The first kappa shape index (κ1) is 15.1. The SMILES string of the molecule is CCN(CC(C)C(N)=NO)C(=O)CCSC. The van der Waals surface area contributed by atoms with Crippen LogP contribution in [0.15, 0.2) is 5.16 Å². The highest BCUT2D eigenvalue weighted by molar-refractivity contribution is 7.98. The summed E-state index contributed by atoms with van der Waals surface area (Å²) >= 11 is 1.65. The third-order valence-corrected chi connectivity index (χ3v) is 2.98. The Balaban J connectivity index is 4.23. The lowest BCUT2D eigenvalue weighted by Crippen LogP contribution is -2.38. The molecule has 0 saturated heterocycles. The Kier molecular flexibility index (Phi) is 7.80. The van der Waals surface area contributed by atoms with E-state index in [1.165, 1.54) is 0 Å². The van der Waals surface area contributed by atoms with E-state index in [2.05, 4.69) is 5.16 Å². The second kappa shape index (κ2) is 8.27. The van der Waals surface area contributed by atoms with Gasteiger partial charge in [0, 0.05) is 31.2 Å². The van der Waals surface area contributed by atoms with Gasteiger partial charge >= 0.3 is 0 Å². The Morgan fingerprint density at radius 3 is 2.69 bits per heavy atom. The fraction of sp³-hybridized carbons (Fsp3) is 0.800. The molecule has 94 valence electrons. The normalized spacial score (nSPS) is 13.6. The average molecular weight is 247 g/mol. The summed E-state index contributed by atoms with van der Waals surface area (Å²) < 4.78 is 0. The van der Waals surface area contributed by atoms with Crippen molar-refractivity contribution in [2.75, 3.05) is 25.1 Å². The third-order valence-electron chi connectivity index (χ3n) is 2.37. The second-order valence-corrected chi connectivity index (χ2v) is 4.59. The van der Waals surface area contributed by atoms with Crippen molar-refractivity contribution in [2.45, 2.75) is 20.3 Å². The summed E-state index contributed by atoms with van der Waals surface area (Å²) in [5.41, 5.74) is 5.48. The molecule has 1 amide bonds. The number of hydrogen-bond donors (Lipinski definition) is 2. The zero-order chi connectivity index (χ0) is 12.6. The monoisotopic (exact) mass is 247 g/mol. The molecular weight excluding hydrogens is 226 g/mol. The number of thioether (sulfide) groups is 1. The average Bonchev–Trinajstić information content (AvgIpc) is 2.31. The van der Waals surface area contributed by atoms with Crippen molar-refractivity contribution in [3.8, 4) is 0 Å². The predicted octanol–water partition coefficient (Wildman–Crippen LogP) is 0.970. The molecule has 0 aliphatic rings. The van der Waals surface area contributed by atoms with Crippen molar-refractivity contribution < 1.29 is 10.0 Å². The van der Waals surface area contributed by atoms with Crippen LogP contribution in [0.1, 0.15) is 20.3 Å². The van der Waals surface area contributed by atoms with Crippen LogP contribution in [-0.2, 0) is 4.79 Å². The number of oxime groups is 1. The van der Waals surface area contributed by atoms with Crippen LogP contribution in [-0.4, -0.2) is 46.9 Å². The van der Waals surface area contributed by atoms with E-state index in [-0.39, 0.29) is 17.7 Å². The van der Waals surface area contributed by atoms with Crippen molar-refractivity contribution >= 4 is 23.5 Å². The Bertz CT molecular complexity index is 246. The highest BCUT2D eigenvalue weighted by Crippen LogP contribution is 2.05. The lowest BCUT2D eigenvalue weighted by atomic mass is 10.1. The first-order chi connectivity index (χ1) is 7.56. The fourth-order valence-corrected chi connectivity index (χ4v) is 1.66. The van der Waals surface area contributed by atoms with Crippen LogP contribution in [0.25, 0.3) is 0 Å². The van der Waals surface area contributed by atoms with Crippen LogP contribution in [0.3, 0.4) is 0 Å². The Hall–Kier alpha value is -0.910. The van der Waals surface area contributed by atoms with Gasteiger partial charge in [-0.1, -0.05) is 12.1 Å². The maximum atomic E-state index is 11.7. The number of nitrogens with zero attached hydrogens (tertiary/aromatic N) is 2. The van der Waals surface area contributed by atoms with Crippen molar-refractivity contribution in [3.63, 3.8) is 0 Å². The number of nitrogens with two attached hydrogens (primary N) is 1. The van der Waals surface area contributed by atoms with Crippen LogP contribution in [0.5, 0.6) is 0 Å². The molecule has 0 radical (unpaired) electrons. The summed E-state index contributed by atoms with van der Waals surface area (Å²) in [6.07, 6.45) is 2.51. The number of carbonyl (C=O) groups excluding carboxylic acids is 1. The van der Waals surface area contributed by atoms with Gasteiger partial charge in [-0.3, -0.25) is 4.79 Å². The van der Waals surface area contributed by atoms with E-state index in [9.17, 15) is 4.79 Å². The topological polar surface area (TPSA) is 78.9 Å². The van der Waals surface area contributed by atoms with Gasteiger partial charge in [0.2, 0.25) is 5.91 Å². The number of amidine groups is 1. The third kappa shape index (κ3) is 5.25. The quantitative estimate of drug-likeness (QED) is 0.304. The van der Waals surface area contributed by atoms with Gasteiger partial charge in [0.05, 0.1) is 0 Å². The number of hydrogen-bond acceptors (Lipinski definition) is 4.